The van der Waals surface area contributed by atoms with Crippen molar-refractivity contribution in [3.8, 4) is 5.75 Å². The van der Waals surface area contributed by atoms with Gasteiger partial charge in [0.15, 0.2) is 0 Å². The number of benzene rings is 1. The molecule has 0 amide bonds. The lowest BCUT2D eigenvalue weighted by molar-refractivity contribution is 0.102. The number of halogens is 2. The minimum atomic E-state index is -0.579. The van der Waals surface area contributed by atoms with Gasteiger partial charge in [0, 0.05) is 0 Å². The number of rotatable bonds is 5. The van der Waals surface area contributed by atoms with Gasteiger partial charge in [-0.1, -0.05) is 29.3 Å². The van der Waals surface area contributed by atoms with Crippen LogP contribution in [0.2, 0.25) is 10.0 Å². The zero-order valence-corrected chi connectivity index (χ0v) is 9.63. The summed E-state index contributed by atoms with van der Waals surface area (Å²) in [7, 11) is 0. The predicted molar refractivity (Wildman–Crippen MR) is 61.6 cm³/mol. The van der Waals surface area contributed by atoms with E-state index in [-0.39, 0.29) is 6.61 Å². The molecular formula is C10H13Cl2NO2. The van der Waals surface area contributed by atoms with Crippen molar-refractivity contribution < 1.29 is 9.84 Å². The van der Waals surface area contributed by atoms with Gasteiger partial charge in [-0.3, -0.25) is 0 Å². The highest BCUT2D eigenvalue weighted by atomic mass is 35.5. The Kier molecular flexibility index (Phi) is 5.19. The van der Waals surface area contributed by atoms with Crippen LogP contribution in [0.25, 0.3) is 0 Å². The molecule has 0 aliphatic carbocycles. The van der Waals surface area contributed by atoms with Crippen molar-refractivity contribution in [1.29, 1.82) is 0 Å². The summed E-state index contributed by atoms with van der Waals surface area (Å²) in [4.78, 5) is 0. The monoisotopic (exact) mass is 249 g/mol. The number of aliphatic hydroxyl groups is 1. The van der Waals surface area contributed by atoms with E-state index in [2.05, 4.69) is 0 Å². The van der Waals surface area contributed by atoms with Crippen molar-refractivity contribution in [2.24, 2.45) is 5.73 Å². The molecule has 0 radical (unpaired) electrons. The number of aliphatic hydroxyl groups excluding tert-OH is 1. The second-order valence-corrected chi connectivity index (χ2v) is 3.88. The molecule has 5 heteroatoms. The zero-order valence-electron chi connectivity index (χ0n) is 8.12. The lowest BCUT2D eigenvalue weighted by Crippen LogP contribution is -2.21. The molecule has 0 saturated carbocycles. The van der Waals surface area contributed by atoms with E-state index in [1.54, 1.807) is 18.2 Å². The van der Waals surface area contributed by atoms with E-state index >= 15 is 0 Å². The van der Waals surface area contributed by atoms with Crippen LogP contribution in [0.1, 0.15) is 6.42 Å². The molecule has 1 atom stereocenters. The fourth-order valence-corrected chi connectivity index (χ4v) is 1.40. The highest BCUT2D eigenvalue weighted by Gasteiger charge is 2.08. The highest BCUT2D eigenvalue weighted by Crippen LogP contribution is 2.31. The molecule has 0 bridgehead atoms. The van der Waals surface area contributed by atoms with Gasteiger partial charge in [0.05, 0.1) is 11.1 Å². The largest absolute Gasteiger partial charge is 0.489 e. The van der Waals surface area contributed by atoms with Crippen LogP contribution in [0.15, 0.2) is 18.2 Å². The summed E-state index contributed by atoms with van der Waals surface area (Å²) in [6, 6.07) is 5.11. The summed E-state index contributed by atoms with van der Waals surface area (Å²) < 4.78 is 5.31. The van der Waals surface area contributed by atoms with Crippen molar-refractivity contribution >= 4 is 23.2 Å². The molecule has 3 N–H and O–H groups in total. The molecule has 1 aromatic carbocycles. The van der Waals surface area contributed by atoms with E-state index in [1.165, 1.54) is 0 Å². The molecule has 0 fully saturated rings. The third kappa shape index (κ3) is 3.87. The van der Waals surface area contributed by atoms with E-state index in [4.69, 9.17) is 33.7 Å². The van der Waals surface area contributed by atoms with E-state index in [1.807, 2.05) is 0 Å². The molecule has 0 saturated heterocycles. The van der Waals surface area contributed by atoms with E-state index in [0.717, 1.165) is 0 Å². The van der Waals surface area contributed by atoms with Crippen molar-refractivity contribution in [2.75, 3.05) is 13.2 Å². The smallest absolute Gasteiger partial charge is 0.139 e. The molecule has 1 aromatic rings. The summed E-state index contributed by atoms with van der Waals surface area (Å²) >= 11 is 11.7. The normalized spacial score (nSPS) is 12.5. The van der Waals surface area contributed by atoms with Crippen LogP contribution in [0, 0.1) is 0 Å². The molecule has 84 valence electrons. The third-order valence-corrected chi connectivity index (χ3v) is 2.65. The molecule has 3 nitrogen and oxygen atoms in total. The van der Waals surface area contributed by atoms with Gasteiger partial charge in [-0.15, -0.1) is 0 Å². The third-order valence-electron chi connectivity index (χ3n) is 1.85. The fourth-order valence-electron chi connectivity index (χ4n) is 1.06. The average molecular weight is 250 g/mol. The van der Waals surface area contributed by atoms with Crippen molar-refractivity contribution in [3.63, 3.8) is 0 Å². The standard InChI is InChI=1S/C10H13Cl2NO2/c11-8-2-1-3-9(10(8)12)15-6-7(14)4-5-13/h1-3,7,14H,4-6,13H2. The van der Waals surface area contributed by atoms with Crippen molar-refractivity contribution in [2.45, 2.75) is 12.5 Å². The maximum Gasteiger partial charge on any atom is 0.139 e. The second-order valence-electron chi connectivity index (χ2n) is 3.09. The molecule has 0 aromatic heterocycles. The van der Waals surface area contributed by atoms with Crippen LogP contribution in [0.3, 0.4) is 0 Å². The van der Waals surface area contributed by atoms with Gasteiger partial charge in [0.25, 0.3) is 0 Å². The summed E-state index contributed by atoms with van der Waals surface area (Å²) in [5.74, 6) is 0.472. The van der Waals surface area contributed by atoms with Crippen LogP contribution >= 0.6 is 23.2 Å². The summed E-state index contributed by atoms with van der Waals surface area (Å²) in [5, 5.41) is 10.2. The van der Waals surface area contributed by atoms with E-state index in [9.17, 15) is 5.11 Å². The van der Waals surface area contributed by atoms with Crippen LogP contribution < -0.4 is 10.5 Å². The van der Waals surface area contributed by atoms with Crippen LogP contribution in [0.4, 0.5) is 0 Å². The summed E-state index contributed by atoms with van der Waals surface area (Å²) in [5.41, 5.74) is 5.29. The SMILES string of the molecule is NCCC(O)COc1cccc(Cl)c1Cl. The molecule has 15 heavy (non-hydrogen) atoms. The van der Waals surface area contributed by atoms with Crippen LogP contribution in [-0.2, 0) is 0 Å². The fraction of sp³-hybridized carbons (Fsp3) is 0.400. The Labute approximate surface area is 98.7 Å². The number of nitrogens with two attached hydrogens (primary N) is 1. The topological polar surface area (TPSA) is 55.5 Å². The van der Waals surface area contributed by atoms with Gasteiger partial charge in [-0.25, -0.2) is 0 Å². The van der Waals surface area contributed by atoms with Gasteiger partial charge in [-0.05, 0) is 25.1 Å². The average Bonchev–Trinajstić information content (AvgIpc) is 2.21. The van der Waals surface area contributed by atoms with Gasteiger partial charge >= 0.3 is 0 Å². The first-order valence-corrected chi connectivity index (χ1v) is 5.35. The van der Waals surface area contributed by atoms with Gasteiger partial charge in [0.1, 0.15) is 17.4 Å². The lowest BCUT2D eigenvalue weighted by Gasteiger charge is -2.12. The molecule has 0 heterocycles. The van der Waals surface area contributed by atoms with Crippen LogP contribution in [-0.4, -0.2) is 24.4 Å². The Morgan fingerprint density at radius 2 is 2.13 bits per heavy atom. The summed E-state index contributed by atoms with van der Waals surface area (Å²) in [6.45, 7) is 0.588. The Morgan fingerprint density at radius 3 is 2.80 bits per heavy atom. The Bertz CT molecular complexity index is 320. The Morgan fingerprint density at radius 1 is 1.40 bits per heavy atom. The van der Waals surface area contributed by atoms with Crippen LogP contribution in [0.5, 0.6) is 5.75 Å². The van der Waals surface area contributed by atoms with Gasteiger partial charge in [0.2, 0.25) is 0 Å². The molecule has 0 aliphatic heterocycles. The van der Waals surface area contributed by atoms with Crippen molar-refractivity contribution in [1.82, 2.24) is 0 Å². The van der Waals surface area contributed by atoms with Gasteiger partial charge < -0.3 is 15.6 Å². The zero-order chi connectivity index (χ0) is 11.3. The first-order valence-electron chi connectivity index (χ1n) is 4.60. The predicted octanol–water partition coefficient (Wildman–Crippen LogP) is 2.08. The highest BCUT2D eigenvalue weighted by molar-refractivity contribution is 6.42. The molecular weight excluding hydrogens is 237 g/mol. The minimum absolute atomic E-state index is 0.164. The van der Waals surface area contributed by atoms with E-state index in [0.29, 0.717) is 28.8 Å². The second kappa shape index (κ2) is 6.18. The molecule has 1 unspecified atom stereocenters. The number of hydrogen-bond acceptors (Lipinski definition) is 3. The molecule has 1 rings (SSSR count). The molecule has 0 aliphatic rings. The van der Waals surface area contributed by atoms with Crippen molar-refractivity contribution in [3.05, 3.63) is 28.2 Å². The lowest BCUT2D eigenvalue weighted by atomic mass is 10.3. The maximum absolute atomic E-state index is 9.39. The number of hydrogen-bond donors (Lipinski definition) is 2. The first kappa shape index (κ1) is 12.6. The van der Waals surface area contributed by atoms with Gasteiger partial charge in [-0.2, -0.15) is 0 Å². The Hall–Kier alpha value is -0.480. The maximum atomic E-state index is 9.39. The Balaban J connectivity index is 2.54. The minimum Gasteiger partial charge on any atom is -0.489 e. The quantitative estimate of drug-likeness (QED) is 0.841. The number of ether oxygens (including phenoxy) is 1. The summed E-state index contributed by atoms with van der Waals surface area (Å²) in [6.07, 6.45) is -0.0805. The first-order chi connectivity index (χ1) is 7.15. The molecule has 0 spiro atoms. The van der Waals surface area contributed by atoms with E-state index < -0.39 is 6.10 Å².